The van der Waals surface area contributed by atoms with Crippen LogP contribution in [0.2, 0.25) is 0 Å². The summed E-state index contributed by atoms with van der Waals surface area (Å²) in [6.07, 6.45) is 0.501. The number of nitrogens with one attached hydrogen (secondary N) is 1. The molecular formula is C9H12N2O3S. The standard InChI is InChI=1S/C9H12N2O3S/c1-11(2)15(13,14)9-5-3-4-8(6-9)10-7-12/h3-7H,1-2H3,(H,10,12). The van der Waals surface area contributed by atoms with Crippen molar-refractivity contribution in [2.24, 2.45) is 0 Å². The van der Waals surface area contributed by atoms with Gasteiger partial charge >= 0.3 is 0 Å². The van der Waals surface area contributed by atoms with Crippen molar-refractivity contribution >= 4 is 22.1 Å². The predicted molar refractivity (Wildman–Crippen MR) is 57.0 cm³/mol. The van der Waals surface area contributed by atoms with Gasteiger partial charge in [-0.3, -0.25) is 4.79 Å². The molecule has 0 saturated carbocycles. The smallest absolute Gasteiger partial charge is 0.242 e. The lowest BCUT2D eigenvalue weighted by molar-refractivity contribution is -0.105. The van der Waals surface area contributed by atoms with E-state index in [-0.39, 0.29) is 4.90 Å². The van der Waals surface area contributed by atoms with Crippen molar-refractivity contribution in [3.63, 3.8) is 0 Å². The number of carbonyl (C=O) groups excluding carboxylic acids is 1. The fourth-order valence-electron chi connectivity index (χ4n) is 1.03. The van der Waals surface area contributed by atoms with Gasteiger partial charge in [-0.2, -0.15) is 0 Å². The van der Waals surface area contributed by atoms with Crippen LogP contribution in [0.15, 0.2) is 29.2 Å². The molecule has 0 bridgehead atoms. The Hall–Kier alpha value is -1.40. The summed E-state index contributed by atoms with van der Waals surface area (Å²) in [5.41, 5.74) is 0.452. The van der Waals surface area contributed by atoms with Crippen molar-refractivity contribution in [1.29, 1.82) is 0 Å². The van der Waals surface area contributed by atoms with Gasteiger partial charge in [-0.05, 0) is 18.2 Å². The van der Waals surface area contributed by atoms with E-state index in [9.17, 15) is 13.2 Å². The van der Waals surface area contributed by atoms with E-state index in [1.165, 1.54) is 26.2 Å². The molecule has 82 valence electrons. The van der Waals surface area contributed by atoms with Crippen molar-refractivity contribution < 1.29 is 13.2 Å². The third-order valence-corrected chi connectivity index (χ3v) is 3.65. The molecule has 1 aromatic carbocycles. The molecule has 1 aromatic rings. The van der Waals surface area contributed by atoms with Gasteiger partial charge in [0.05, 0.1) is 4.90 Å². The van der Waals surface area contributed by atoms with Crippen LogP contribution in [0, 0.1) is 0 Å². The maximum Gasteiger partial charge on any atom is 0.242 e. The molecule has 1 amide bonds. The van der Waals surface area contributed by atoms with Crippen LogP contribution in [0.5, 0.6) is 0 Å². The number of benzene rings is 1. The first-order valence-electron chi connectivity index (χ1n) is 4.21. The van der Waals surface area contributed by atoms with Crippen molar-refractivity contribution in [3.05, 3.63) is 24.3 Å². The zero-order valence-electron chi connectivity index (χ0n) is 8.47. The molecular weight excluding hydrogens is 216 g/mol. The molecule has 1 N–H and O–H groups in total. The van der Waals surface area contributed by atoms with Crippen molar-refractivity contribution in [3.8, 4) is 0 Å². The molecule has 0 aliphatic rings. The molecule has 0 aliphatic heterocycles. The molecule has 0 spiro atoms. The van der Waals surface area contributed by atoms with E-state index in [0.29, 0.717) is 12.1 Å². The monoisotopic (exact) mass is 228 g/mol. The summed E-state index contributed by atoms with van der Waals surface area (Å²) in [5, 5.41) is 2.40. The van der Waals surface area contributed by atoms with E-state index < -0.39 is 10.0 Å². The van der Waals surface area contributed by atoms with Crippen LogP contribution >= 0.6 is 0 Å². The first-order valence-corrected chi connectivity index (χ1v) is 5.65. The summed E-state index contributed by atoms with van der Waals surface area (Å²) in [5.74, 6) is 0. The summed E-state index contributed by atoms with van der Waals surface area (Å²) in [4.78, 5) is 10.4. The van der Waals surface area contributed by atoms with Crippen molar-refractivity contribution in [1.82, 2.24) is 4.31 Å². The Bertz CT molecular complexity index is 454. The number of hydrogen-bond donors (Lipinski definition) is 1. The third kappa shape index (κ3) is 2.54. The Kier molecular flexibility index (Phi) is 3.43. The third-order valence-electron chi connectivity index (χ3n) is 1.84. The van der Waals surface area contributed by atoms with Crippen LogP contribution in [-0.4, -0.2) is 33.2 Å². The van der Waals surface area contributed by atoms with Crippen molar-refractivity contribution in [2.75, 3.05) is 19.4 Å². The van der Waals surface area contributed by atoms with Gasteiger partial charge in [-0.1, -0.05) is 6.07 Å². The minimum atomic E-state index is -3.44. The number of nitrogens with zero attached hydrogens (tertiary/aromatic N) is 1. The molecule has 0 aromatic heterocycles. The number of carbonyl (C=O) groups is 1. The van der Waals surface area contributed by atoms with Gasteiger partial charge in [0.25, 0.3) is 0 Å². The predicted octanol–water partition coefficient (Wildman–Crippen LogP) is 0.505. The summed E-state index contributed by atoms with van der Waals surface area (Å²) < 4.78 is 24.5. The molecule has 0 atom stereocenters. The fraction of sp³-hybridized carbons (Fsp3) is 0.222. The normalized spacial score (nSPS) is 11.4. The van der Waals surface area contributed by atoms with E-state index in [1.54, 1.807) is 12.1 Å². The first kappa shape index (κ1) is 11.7. The van der Waals surface area contributed by atoms with E-state index in [2.05, 4.69) is 5.32 Å². The lowest BCUT2D eigenvalue weighted by Crippen LogP contribution is -2.22. The van der Waals surface area contributed by atoms with Crippen LogP contribution < -0.4 is 5.32 Å². The highest BCUT2D eigenvalue weighted by molar-refractivity contribution is 7.89. The maximum atomic E-state index is 11.7. The average molecular weight is 228 g/mol. The van der Waals surface area contributed by atoms with Crippen LogP contribution in [-0.2, 0) is 14.8 Å². The zero-order chi connectivity index (χ0) is 11.5. The van der Waals surface area contributed by atoms with Gasteiger partial charge in [-0.15, -0.1) is 0 Å². The van der Waals surface area contributed by atoms with Gasteiger partial charge < -0.3 is 5.32 Å². The molecule has 0 saturated heterocycles. The SMILES string of the molecule is CN(C)S(=O)(=O)c1cccc(NC=O)c1. The highest BCUT2D eigenvalue weighted by Crippen LogP contribution is 2.17. The Morgan fingerprint density at radius 1 is 1.33 bits per heavy atom. The van der Waals surface area contributed by atoms with Gasteiger partial charge in [-0.25, -0.2) is 12.7 Å². The highest BCUT2D eigenvalue weighted by atomic mass is 32.2. The Labute approximate surface area is 88.8 Å². The van der Waals surface area contributed by atoms with Crippen LogP contribution in [0.3, 0.4) is 0 Å². The minimum absolute atomic E-state index is 0.152. The number of sulfonamides is 1. The highest BCUT2D eigenvalue weighted by Gasteiger charge is 2.16. The number of hydrogen-bond acceptors (Lipinski definition) is 3. The van der Waals surface area contributed by atoms with E-state index in [1.807, 2.05) is 0 Å². The lowest BCUT2D eigenvalue weighted by Gasteiger charge is -2.11. The Balaban J connectivity index is 3.16. The van der Waals surface area contributed by atoms with Gasteiger partial charge in [0.1, 0.15) is 0 Å². The minimum Gasteiger partial charge on any atom is -0.329 e. The lowest BCUT2D eigenvalue weighted by atomic mass is 10.3. The fourth-order valence-corrected chi connectivity index (χ4v) is 1.97. The van der Waals surface area contributed by atoms with E-state index >= 15 is 0 Å². The molecule has 0 fully saturated rings. The molecule has 15 heavy (non-hydrogen) atoms. The second kappa shape index (κ2) is 4.41. The molecule has 1 rings (SSSR count). The Morgan fingerprint density at radius 3 is 2.53 bits per heavy atom. The maximum absolute atomic E-state index is 11.7. The number of rotatable bonds is 4. The second-order valence-electron chi connectivity index (χ2n) is 3.08. The molecule has 6 heteroatoms. The van der Waals surface area contributed by atoms with Crippen LogP contribution in [0.1, 0.15) is 0 Å². The molecule has 0 aliphatic carbocycles. The van der Waals surface area contributed by atoms with Crippen LogP contribution in [0.25, 0.3) is 0 Å². The summed E-state index contributed by atoms with van der Waals surface area (Å²) in [6.45, 7) is 0. The first-order chi connectivity index (χ1) is 6.98. The largest absolute Gasteiger partial charge is 0.329 e. The molecule has 5 nitrogen and oxygen atoms in total. The molecule has 0 radical (unpaired) electrons. The van der Waals surface area contributed by atoms with Crippen molar-refractivity contribution in [2.45, 2.75) is 4.90 Å². The van der Waals surface area contributed by atoms with Gasteiger partial charge in [0.2, 0.25) is 16.4 Å². The summed E-state index contributed by atoms with van der Waals surface area (Å²) >= 11 is 0. The number of anilines is 1. The average Bonchev–Trinajstić information content (AvgIpc) is 2.18. The van der Waals surface area contributed by atoms with Gasteiger partial charge in [0, 0.05) is 19.8 Å². The van der Waals surface area contributed by atoms with Crippen LogP contribution in [0.4, 0.5) is 5.69 Å². The zero-order valence-corrected chi connectivity index (χ0v) is 9.28. The number of amides is 1. The topological polar surface area (TPSA) is 66.5 Å². The molecule has 0 heterocycles. The summed E-state index contributed by atoms with van der Waals surface area (Å²) in [6, 6.07) is 6.07. The van der Waals surface area contributed by atoms with Gasteiger partial charge in [0.15, 0.2) is 0 Å². The van der Waals surface area contributed by atoms with E-state index in [0.717, 1.165) is 4.31 Å². The second-order valence-corrected chi connectivity index (χ2v) is 5.23. The molecule has 0 unspecified atom stereocenters. The quantitative estimate of drug-likeness (QED) is 0.763. The summed E-state index contributed by atoms with van der Waals surface area (Å²) in [7, 11) is -0.533. The van der Waals surface area contributed by atoms with E-state index in [4.69, 9.17) is 0 Å². The Morgan fingerprint density at radius 2 is 2.00 bits per heavy atom.